The van der Waals surface area contributed by atoms with Crippen LogP contribution in [0.2, 0.25) is 0 Å². The highest BCUT2D eigenvalue weighted by atomic mass is 19.4. The molecule has 0 aliphatic heterocycles. The van der Waals surface area contributed by atoms with E-state index < -0.39 is 35.4 Å². The fourth-order valence-electron chi connectivity index (χ4n) is 1.81. The Morgan fingerprint density at radius 3 is 2.47 bits per heavy atom. The average molecular weight is 272 g/mol. The summed E-state index contributed by atoms with van der Waals surface area (Å²) in [6, 6.07) is 4.32. The van der Waals surface area contributed by atoms with Crippen LogP contribution in [0.15, 0.2) is 24.3 Å². The molecule has 0 radical (unpaired) electrons. The summed E-state index contributed by atoms with van der Waals surface area (Å²) in [5.74, 6) is -2.09. The van der Waals surface area contributed by atoms with E-state index in [4.69, 9.17) is 5.73 Å². The van der Waals surface area contributed by atoms with Crippen molar-refractivity contribution < 1.29 is 22.8 Å². The minimum Gasteiger partial charge on any atom is -0.369 e. The molecule has 1 aromatic rings. The number of hydrogen-bond acceptors (Lipinski definition) is 2. The third-order valence-electron chi connectivity index (χ3n) is 2.95. The number of carbonyl (C=O) groups is 2. The molecule has 1 saturated carbocycles. The normalized spacial score (nSPS) is 21.8. The molecular formula is C12H11F3N2O2. The van der Waals surface area contributed by atoms with E-state index in [1.54, 1.807) is 0 Å². The van der Waals surface area contributed by atoms with Crippen molar-refractivity contribution in [2.45, 2.75) is 12.6 Å². The van der Waals surface area contributed by atoms with Gasteiger partial charge in [0.1, 0.15) is 0 Å². The Morgan fingerprint density at radius 2 is 1.95 bits per heavy atom. The van der Waals surface area contributed by atoms with Gasteiger partial charge in [-0.25, -0.2) is 0 Å². The number of halogens is 3. The van der Waals surface area contributed by atoms with Gasteiger partial charge in [0.05, 0.1) is 17.4 Å². The van der Waals surface area contributed by atoms with Crippen molar-refractivity contribution in [3.63, 3.8) is 0 Å². The largest absolute Gasteiger partial charge is 0.416 e. The number of anilines is 1. The molecule has 7 heteroatoms. The van der Waals surface area contributed by atoms with Gasteiger partial charge in [0, 0.05) is 5.69 Å². The molecule has 2 amide bonds. The van der Waals surface area contributed by atoms with E-state index in [2.05, 4.69) is 5.32 Å². The standard InChI is InChI=1S/C12H11F3N2O2/c13-12(14,15)6-2-1-3-7(4-6)17-11(19)9-5-8(9)10(16)18/h1-4,8-9H,5H2,(H2,16,18)(H,17,19). The first kappa shape index (κ1) is 13.4. The number of primary amides is 1. The number of benzene rings is 1. The van der Waals surface area contributed by atoms with Gasteiger partial charge in [-0.3, -0.25) is 9.59 Å². The molecule has 2 unspecified atom stereocenters. The SMILES string of the molecule is NC(=O)C1CC1C(=O)Nc1cccc(C(F)(F)F)c1. The number of hydrogen-bond donors (Lipinski definition) is 2. The van der Waals surface area contributed by atoms with Gasteiger partial charge in [0.25, 0.3) is 0 Å². The lowest BCUT2D eigenvalue weighted by molar-refractivity contribution is -0.137. The zero-order chi connectivity index (χ0) is 14.2. The van der Waals surface area contributed by atoms with Crippen molar-refractivity contribution in [3.8, 4) is 0 Å². The highest BCUT2D eigenvalue weighted by molar-refractivity contribution is 5.99. The lowest BCUT2D eigenvalue weighted by Crippen LogP contribution is -2.20. The van der Waals surface area contributed by atoms with Crippen LogP contribution < -0.4 is 11.1 Å². The van der Waals surface area contributed by atoms with Crippen LogP contribution in [0.4, 0.5) is 18.9 Å². The van der Waals surface area contributed by atoms with Gasteiger partial charge in [-0.2, -0.15) is 13.2 Å². The topological polar surface area (TPSA) is 72.2 Å². The molecule has 0 bridgehead atoms. The first-order chi connectivity index (χ1) is 8.79. The zero-order valence-electron chi connectivity index (χ0n) is 9.70. The van der Waals surface area contributed by atoms with Crippen molar-refractivity contribution >= 4 is 17.5 Å². The molecule has 0 aromatic heterocycles. The summed E-state index contributed by atoms with van der Waals surface area (Å²) < 4.78 is 37.4. The van der Waals surface area contributed by atoms with Crippen LogP contribution in [0.5, 0.6) is 0 Å². The lowest BCUT2D eigenvalue weighted by Gasteiger charge is -2.09. The maximum Gasteiger partial charge on any atom is 0.416 e. The summed E-state index contributed by atoms with van der Waals surface area (Å²) in [5, 5.41) is 2.35. The molecule has 1 fully saturated rings. The predicted molar refractivity (Wildman–Crippen MR) is 60.9 cm³/mol. The van der Waals surface area contributed by atoms with E-state index in [0.29, 0.717) is 6.42 Å². The zero-order valence-corrected chi connectivity index (χ0v) is 9.70. The maximum absolute atomic E-state index is 12.5. The quantitative estimate of drug-likeness (QED) is 0.880. The van der Waals surface area contributed by atoms with Gasteiger partial charge in [-0.1, -0.05) is 6.07 Å². The van der Waals surface area contributed by atoms with Gasteiger partial charge < -0.3 is 11.1 Å². The Bertz CT molecular complexity index is 528. The minimum absolute atomic E-state index is 0.0509. The molecule has 1 aliphatic carbocycles. The Balaban J connectivity index is 2.04. The first-order valence-electron chi connectivity index (χ1n) is 5.56. The fraction of sp³-hybridized carbons (Fsp3) is 0.333. The van der Waals surface area contributed by atoms with E-state index in [9.17, 15) is 22.8 Å². The van der Waals surface area contributed by atoms with Gasteiger partial charge in [0.15, 0.2) is 0 Å². The minimum atomic E-state index is -4.46. The van der Waals surface area contributed by atoms with Crippen molar-refractivity contribution in [2.75, 3.05) is 5.32 Å². The van der Waals surface area contributed by atoms with Crippen LogP contribution in [0.3, 0.4) is 0 Å². The number of rotatable bonds is 3. The molecule has 0 spiro atoms. The molecule has 2 atom stereocenters. The monoisotopic (exact) mass is 272 g/mol. The fourth-order valence-corrected chi connectivity index (χ4v) is 1.81. The summed E-state index contributed by atoms with van der Waals surface area (Å²) in [4.78, 5) is 22.5. The number of carbonyl (C=O) groups excluding carboxylic acids is 2. The molecule has 2 rings (SSSR count). The predicted octanol–water partition coefficient (Wildman–Crippen LogP) is 1.77. The van der Waals surface area contributed by atoms with E-state index in [0.717, 1.165) is 12.1 Å². The smallest absolute Gasteiger partial charge is 0.369 e. The highest BCUT2D eigenvalue weighted by Crippen LogP contribution is 2.39. The van der Waals surface area contributed by atoms with Crippen molar-refractivity contribution in [1.29, 1.82) is 0 Å². The molecule has 19 heavy (non-hydrogen) atoms. The van der Waals surface area contributed by atoms with E-state index in [1.165, 1.54) is 12.1 Å². The Morgan fingerprint density at radius 1 is 1.26 bits per heavy atom. The first-order valence-corrected chi connectivity index (χ1v) is 5.56. The number of amides is 2. The summed E-state index contributed by atoms with van der Waals surface area (Å²) in [6.45, 7) is 0. The molecule has 4 nitrogen and oxygen atoms in total. The van der Waals surface area contributed by atoms with Gasteiger partial charge >= 0.3 is 6.18 Å². The van der Waals surface area contributed by atoms with Crippen LogP contribution in [0.1, 0.15) is 12.0 Å². The van der Waals surface area contributed by atoms with E-state index in [1.807, 2.05) is 0 Å². The maximum atomic E-state index is 12.5. The highest BCUT2D eigenvalue weighted by Gasteiger charge is 2.47. The van der Waals surface area contributed by atoms with Gasteiger partial charge in [-0.05, 0) is 24.6 Å². The molecule has 0 saturated heterocycles. The van der Waals surface area contributed by atoms with Crippen molar-refractivity contribution in [2.24, 2.45) is 17.6 Å². The van der Waals surface area contributed by atoms with Crippen LogP contribution in [0, 0.1) is 11.8 Å². The molecule has 3 N–H and O–H groups in total. The van der Waals surface area contributed by atoms with Gasteiger partial charge in [0.2, 0.25) is 11.8 Å². The molecule has 102 valence electrons. The van der Waals surface area contributed by atoms with Gasteiger partial charge in [-0.15, -0.1) is 0 Å². The second-order valence-corrected chi connectivity index (χ2v) is 4.42. The number of alkyl halides is 3. The molecular weight excluding hydrogens is 261 g/mol. The van der Waals surface area contributed by atoms with E-state index >= 15 is 0 Å². The summed E-state index contributed by atoms with van der Waals surface area (Å²) in [7, 11) is 0. The van der Waals surface area contributed by atoms with Crippen LogP contribution in [0.25, 0.3) is 0 Å². The van der Waals surface area contributed by atoms with Crippen molar-refractivity contribution in [3.05, 3.63) is 29.8 Å². The third kappa shape index (κ3) is 3.04. The molecule has 0 heterocycles. The molecule has 1 aliphatic rings. The lowest BCUT2D eigenvalue weighted by atomic mass is 10.2. The second kappa shape index (κ2) is 4.56. The summed E-state index contributed by atoms with van der Waals surface area (Å²) in [6.07, 6.45) is -4.11. The summed E-state index contributed by atoms with van der Waals surface area (Å²) >= 11 is 0. The average Bonchev–Trinajstić information content (AvgIpc) is 3.08. The third-order valence-corrected chi connectivity index (χ3v) is 2.95. The molecule has 1 aromatic carbocycles. The Kier molecular flexibility index (Phi) is 3.21. The van der Waals surface area contributed by atoms with Crippen molar-refractivity contribution in [1.82, 2.24) is 0 Å². The van der Waals surface area contributed by atoms with Crippen LogP contribution in [-0.2, 0) is 15.8 Å². The van der Waals surface area contributed by atoms with Crippen LogP contribution in [-0.4, -0.2) is 11.8 Å². The van der Waals surface area contributed by atoms with E-state index in [-0.39, 0.29) is 5.69 Å². The number of nitrogens with two attached hydrogens (primary N) is 1. The summed E-state index contributed by atoms with van der Waals surface area (Å²) in [5.41, 5.74) is 4.24. The Labute approximate surface area is 106 Å². The second-order valence-electron chi connectivity index (χ2n) is 4.42. The van der Waals surface area contributed by atoms with Crippen LogP contribution >= 0.6 is 0 Å². The Hall–Kier alpha value is -2.05. The number of nitrogens with one attached hydrogen (secondary N) is 1.